The van der Waals surface area contributed by atoms with E-state index in [1.54, 1.807) is 25.3 Å². The largest absolute Gasteiger partial charge is 0.490 e. The SMILES string of the molecule is COCCOc1ccccc1C(=O)NCC(CC(N)C(O)CC(C(=O)NCCN1CCOCC1)C(C)C)C(C)C. The Kier molecular flexibility index (Phi) is 15.5. The fourth-order valence-corrected chi connectivity index (χ4v) is 4.84. The van der Waals surface area contributed by atoms with Crippen LogP contribution in [-0.4, -0.2) is 100 Å². The van der Waals surface area contributed by atoms with E-state index in [-0.39, 0.29) is 35.5 Å². The maximum absolute atomic E-state index is 13.0. The minimum Gasteiger partial charge on any atom is -0.490 e. The van der Waals surface area contributed by atoms with Crippen molar-refractivity contribution in [2.75, 3.05) is 66.3 Å². The number of para-hydroxylation sites is 1. The van der Waals surface area contributed by atoms with Gasteiger partial charge >= 0.3 is 0 Å². The Morgan fingerprint density at radius 1 is 1.05 bits per heavy atom. The number of nitrogens with zero attached hydrogens (tertiary/aromatic N) is 1. The Hall–Kier alpha value is -2.24. The third-order valence-corrected chi connectivity index (χ3v) is 7.68. The summed E-state index contributed by atoms with van der Waals surface area (Å²) in [5, 5.41) is 17.1. The number of aliphatic hydroxyl groups excluding tert-OH is 1. The van der Waals surface area contributed by atoms with Gasteiger partial charge in [-0.1, -0.05) is 39.8 Å². The van der Waals surface area contributed by atoms with Crippen LogP contribution in [0.15, 0.2) is 24.3 Å². The summed E-state index contributed by atoms with van der Waals surface area (Å²) in [7, 11) is 1.60. The third-order valence-electron chi connectivity index (χ3n) is 7.68. The lowest BCUT2D eigenvalue weighted by Gasteiger charge is -2.30. The molecule has 40 heavy (non-hydrogen) atoms. The van der Waals surface area contributed by atoms with Gasteiger partial charge in [0, 0.05) is 51.8 Å². The van der Waals surface area contributed by atoms with Gasteiger partial charge in [0.05, 0.1) is 31.5 Å². The predicted octanol–water partition coefficient (Wildman–Crippen LogP) is 1.90. The maximum atomic E-state index is 13.0. The van der Waals surface area contributed by atoms with Crippen LogP contribution in [0.3, 0.4) is 0 Å². The summed E-state index contributed by atoms with van der Waals surface area (Å²) in [6.45, 7) is 13.9. The number of aliphatic hydroxyl groups is 1. The first-order valence-electron chi connectivity index (χ1n) is 14.6. The van der Waals surface area contributed by atoms with Crippen molar-refractivity contribution in [2.45, 2.75) is 52.7 Å². The van der Waals surface area contributed by atoms with E-state index in [4.69, 9.17) is 19.9 Å². The third kappa shape index (κ3) is 11.7. The van der Waals surface area contributed by atoms with Crippen LogP contribution in [0.1, 0.15) is 50.9 Å². The second-order valence-corrected chi connectivity index (χ2v) is 11.3. The zero-order valence-corrected chi connectivity index (χ0v) is 25.1. The first-order valence-corrected chi connectivity index (χ1v) is 14.6. The quantitative estimate of drug-likeness (QED) is 0.199. The molecule has 0 aliphatic carbocycles. The van der Waals surface area contributed by atoms with Gasteiger partial charge in [0.2, 0.25) is 5.91 Å². The number of ether oxygens (including phenoxy) is 3. The van der Waals surface area contributed by atoms with Gasteiger partial charge in [-0.25, -0.2) is 0 Å². The summed E-state index contributed by atoms with van der Waals surface area (Å²) in [6.07, 6.45) is -0.00980. The van der Waals surface area contributed by atoms with Gasteiger partial charge < -0.3 is 35.7 Å². The number of methoxy groups -OCH3 is 1. The van der Waals surface area contributed by atoms with Crippen LogP contribution in [0, 0.1) is 23.7 Å². The maximum Gasteiger partial charge on any atom is 0.255 e. The Balaban J connectivity index is 1.88. The van der Waals surface area contributed by atoms with Crippen molar-refractivity contribution in [1.29, 1.82) is 0 Å². The Morgan fingerprint density at radius 2 is 1.75 bits per heavy atom. The zero-order valence-electron chi connectivity index (χ0n) is 25.1. The molecular formula is C30H52N4O6. The molecule has 1 aliphatic rings. The molecule has 0 radical (unpaired) electrons. The number of morpholine rings is 1. The van der Waals surface area contributed by atoms with E-state index in [1.165, 1.54) is 0 Å². The molecule has 1 saturated heterocycles. The lowest BCUT2D eigenvalue weighted by atomic mass is 9.83. The Bertz CT molecular complexity index is 878. The van der Waals surface area contributed by atoms with Gasteiger partial charge in [-0.15, -0.1) is 0 Å². The molecule has 2 amide bonds. The lowest BCUT2D eigenvalue weighted by molar-refractivity contribution is -0.127. The van der Waals surface area contributed by atoms with Crippen LogP contribution < -0.4 is 21.1 Å². The van der Waals surface area contributed by atoms with Gasteiger partial charge in [-0.05, 0) is 42.7 Å². The average Bonchev–Trinajstić information content (AvgIpc) is 2.94. The van der Waals surface area contributed by atoms with Gasteiger partial charge in [0.1, 0.15) is 12.4 Å². The van der Waals surface area contributed by atoms with Crippen LogP contribution in [0.5, 0.6) is 5.75 Å². The lowest BCUT2D eigenvalue weighted by Crippen LogP contribution is -2.45. The number of carbonyl (C=O) groups is 2. The summed E-state index contributed by atoms with van der Waals surface area (Å²) in [6, 6.07) is 6.60. The van der Waals surface area contributed by atoms with Crippen molar-refractivity contribution >= 4 is 11.8 Å². The molecule has 4 unspecified atom stereocenters. The van der Waals surface area contributed by atoms with Crippen molar-refractivity contribution in [3.8, 4) is 5.75 Å². The summed E-state index contributed by atoms with van der Waals surface area (Å²) in [5.41, 5.74) is 6.93. The number of nitrogens with two attached hydrogens (primary N) is 1. The normalized spacial score (nSPS) is 17.3. The van der Waals surface area contributed by atoms with Crippen molar-refractivity contribution in [2.24, 2.45) is 29.4 Å². The minimum atomic E-state index is -0.829. The summed E-state index contributed by atoms with van der Waals surface area (Å²) < 4.78 is 16.1. The number of nitrogens with one attached hydrogen (secondary N) is 2. The molecule has 0 saturated carbocycles. The van der Waals surface area contributed by atoms with E-state index >= 15 is 0 Å². The van der Waals surface area contributed by atoms with Crippen molar-refractivity contribution in [3.05, 3.63) is 29.8 Å². The molecule has 0 spiro atoms. The first kappa shape index (κ1) is 34.0. The molecule has 1 aromatic carbocycles. The second kappa shape index (κ2) is 18.2. The highest BCUT2D eigenvalue weighted by Crippen LogP contribution is 2.24. The number of hydrogen-bond donors (Lipinski definition) is 4. The molecule has 1 fully saturated rings. The van der Waals surface area contributed by atoms with Crippen molar-refractivity contribution in [1.82, 2.24) is 15.5 Å². The molecule has 10 nitrogen and oxygen atoms in total. The highest BCUT2D eigenvalue weighted by atomic mass is 16.5. The van der Waals surface area contributed by atoms with Gasteiger partial charge in [-0.3, -0.25) is 14.5 Å². The average molecular weight is 565 g/mol. The number of rotatable bonds is 18. The fraction of sp³-hybridized carbons (Fsp3) is 0.733. The zero-order chi connectivity index (χ0) is 29.5. The van der Waals surface area contributed by atoms with E-state index in [1.807, 2.05) is 19.9 Å². The first-order chi connectivity index (χ1) is 19.1. The van der Waals surface area contributed by atoms with E-state index in [0.717, 1.165) is 32.8 Å². The molecule has 0 aromatic heterocycles. The number of amides is 2. The molecule has 10 heteroatoms. The van der Waals surface area contributed by atoms with E-state index in [0.29, 0.717) is 50.5 Å². The Morgan fingerprint density at radius 3 is 2.40 bits per heavy atom. The molecule has 2 rings (SSSR count). The fourth-order valence-electron chi connectivity index (χ4n) is 4.84. The van der Waals surface area contributed by atoms with Crippen LogP contribution in [0.25, 0.3) is 0 Å². The van der Waals surface area contributed by atoms with Crippen LogP contribution in [-0.2, 0) is 14.3 Å². The number of hydrogen-bond acceptors (Lipinski definition) is 8. The van der Waals surface area contributed by atoms with Crippen LogP contribution in [0.4, 0.5) is 0 Å². The molecule has 1 aliphatic heterocycles. The van der Waals surface area contributed by atoms with E-state index < -0.39 is 12.1 Å². The molecule has 228 valence electrons. The highest BCUT2D eigenvalue weighted by Gasteiger charge is 2.30. The smallest absolute Gasteiger partial charge is 0.255 e. The van der Waals surface area contributed by atoms with E-state index in [2.05, 4.69) is 29.4 Å². The number of benzene rings is 1. The summed E-state index contributed by atoms with van der Waals surface area (Å²) in [5.74, 6) is 0.253. The molecule has 4 atom stereocenters. The molecule has 1 aromatic rings. The monoisotopic (exact) mass is 564 g/mol. The van der Waals surface area contributed by atoms with Crippen LogP contribution in [0.2, 0.25) is 0 Å². The van der Waals surface area contributed by atoms with Gasteiger partial charge in [-0.2, -0.15) is 0 Å². The van der Waals surface area contributed by atoms with E-state index in [9.17, 15) is 14.7 Å². The van der Waals surface area contributed by atoms with Gasteiger partial charge in [0.15, 0.2) is 0 Å². The highest BCUT2D eigenvalue weighted by molar-refractivity contribution is 5.96. The van der Waals surface area contributed by atoms with Crippen LogP contribution >= 0.6 is 0 Å². The topological polar surface area (TPSA) is 135 Å². The van der Waals surface area contributed by atoms with Crippen molar-refractivity contribution < 1.29 is 28.9 Å². The molecule has 5 N–H and O–H groups in total. The molecule has 0 bridgehead atoms. The molecular weight excluding hydrogens is 512 g/mol. The minimum absolute atomic E-state index is 0.0476. The van der Waals surface area contributed by atoms with Gasteiger partial charge in [0.25, 0.3) is 5.91 Å². The second-order valence-electron chi connectivity index (χ2n) is 11.3. The van der Waals surface area contributed by atoms with Crippen molar-refractivity contribution in [3.63, 3.8) is 0 Å². The predicted molar refractivity (Wildman–Crippen MR) is 156 cm³/mol. The standard InChI is InChI=1S/C30H52N4O6/c1-21(2)23(20-33-29(36)24-8-6-7-9-28(24)40-17-16-38-5)18-26(31)27(35)19-25(22(3)4)30(37)32-10-11-34-12-14-39-15-13-34/h6-9,21-23,25-27,35H,10-20,31H2,1-5H3,(H,32,37)(H,33,36). The summed E-state index contributed by atoms with van der Waals surface area (Å²) >= 11 is 0. The summed E-state index contributed by atoms with van der Waals surface area (Å²) in [4.78, 5) is 28.2. The molecule has 1 heterocycles. The number of carbonyl (C=O) groups excluding carboxylic acids is 2. The Labute approximate surface area is 240 Å².